The Balaban J connectivity index is 2.53. The molecule has 0 aliphatic carbocycles. The monoisotopic (exact) mass is 247 g/mol. The second kappa shape index (κ2) is 3.73. The molecule has 1 aliphatic rings. The average Bonchev–Trinajstić information content (AvgIpc) is 2.63. The van der Waals surface area contributed by atoms with Crippen LogP contribution in [0.1, 0.15) is 5.56 Å². The summed E-state index contributed by atoms with van der Waals surface area (Å²) in [4.78, 5) is 12.3. The van der Waals surface area contributed by atoms with Gasteiger partial charge in [0.1, 0.15) is 0 Å². The van der Waals surface area contributed by atoms with Gasteiger partial charge in [0.25, 0.3) is 0 Å². The van der Waals surface area contributed by atoms with Gasteiger partial charge >= 0.3 is 6.05 Å². The number of rotatable bonds is 2. The van der Waals surface area contributed by atoms with Gasteiger partial charge in [0.15, 0.2) is 11.5 Å². The van der Waals surface area contributed by atoms with Gasteiger partial charge in [-0.05, 0) is 6.07 Å². The van der Waals surface area contributed by atoms with E-state index in [2.05, 4.69) is 4.99 Å². The molecule has 16 heavy (non-hydrogen) atoms. The lowest BCUT2D eigenvalue weighted by molar-refractivity contribution is 0.00611. The Bertz CT molecular complexity index is 486. The summed E-state index contributed by atoms with van der Waals surface area (Å²) in [5.74, 6) is 0.416. The van der Waals surface area contributed by atoms with Gasteiger partial charge in [-0.15, -0.1) is 4.99 Å². The zero-order chi connectivity index (χ0) is 11.8. The van der Waals surface area contributed by atoms with E-state index in [0.29, 0.717) is 0 Å². The summed E-state index contributed by atoms with van der Waals surface area (Å²) in [5, 5.41) is -0.256. The second-order valence-electron chi connectivity index (χ2n) is 2.93. The molecule has 1 aromatic rings. The third kappa shape index (κ3) is 1.73. The smallest absolute Gasteiger partial charge is 0.380 e. The number of hydrogen-bond donors (Lipinski definition) is 0. The minimum atomic E-state index is -3.72. The number of carbonyl (C=O) groups excluding carboxylic acids is 1. The topological polar surface area (TPSA) is 47.9 Å². The van der Waals surface area contributed by atoms with Crippen molar-refractivity contribution >= 4 is 17.7 Å². The van der Waals surface area contributed by atoms with Crippen LogP contribution in [0.25, 0.3) is 0 Å². The van der Waals surface area contributed by atoms with Crippen molar-refractivity contribution in [3.63, 3.8) is 0 Å². The molecule has 0 unspecified atom stereocenters. The van der Waals surface area contributed by atoms with Crippen molar-refractivity contribution in [2.75, 3.05) is 6.79 Å². The van der Waals surface area contributed by atoms with Crippen LogP contribution in [0, 0.1) is 0 Å². The molecule has 0 saturated heterocycles. The highest BCUT2D eigenvalue weighted by Gasteiger charge is 2.35. The number of aliphatic imine (C=N–C) groups is 1. The van der Waals surface area contributed by atoms with E-state index in [1.165, 1.54) is 6.07 Å². The van der Waals surface area contributed by atoms with Crippen LogP contribution < -0.4 is 9.47 Å². The maximum Gasteiger partial charge on any atom is 0.380 e. The molecular formula is C9H4ClF2NO3. The maximum atomic E-state index is 13.3. The molecule has 84 valence electrons. The maximum absolute atomic E-state index is 13.3. The van der Waals surface area contributed by atoms with Crippen molar-refractivity contribution in [2.45, 2.75) is 6.05 Å². The molecule has 0 N–H and O–H groups in total. The highest BCUT2D eigenvalue weighted by atomic mass is 35.5. The number of halogens is 3. The van der Waals surface area contributed by atoms with E-state index in [-0.39, 0.29) is 23.3 Å². The molecule has 0 amide bonds. The van der Waals surface area contributed by atoms with E-state index in [4.69, 9.17) is 21.1 Å². The Morgan fingerprint density at radius 2 is 2.00 bits per heavy atom. The Labute approximate surface area is 93.4 Å². The summed E-state index contributed by atoms with van der Waals surface area (Å²) < 4.78 is 36.4. The van der Waals surface area contributed by atoms with Crippen LogP contribution in [0.4, 0.5) is 8.78 Å². The quantitative estimate of drug-likeness (QED) is 0.458. The first-order valence-corrected chi connectivity index (χ1v) is 4.49. The number of fused-ring (bicyclic) bond motifs is 1. The Kier molecular flexibility index (Phi) is 2.53. The van der Waals surface area contributed by atoms with Gasteiger partial charge in [-0.25, -0.2) is 4.79 Å². The largest absolute Gasteiger partial charge is 0.454 e. The summed E-state index contributed by atoms with van der Waals surface area (Å²) >= 11 is 5.62. The van der Waals surface area contributed by atoms with Crippen LogP contribution in [-0.2, 0) is 10.8 Å². The van der Waals surface area contributed by atoms with Crippen molar-refractivity contribution in [1.29, 1.82) is 0 Å². The minimum absolute atomic E-state index is 0.0579. The summed E-state index contributed by atoms with van der Waals surface area (Å²) in [6.45, 7) is -0.0579. The number of hydrogen-bond acceptors (Lipinski definition) is 4. The van der Waals surface area contributed by atoms with E-state index in [1.54, 1.807) is 0 Å². The van der Waals surface area contributed by atoms with E-state index >= 15 is 0 Å². The van der Waals surface area contributed by atoms with Crippen LogP contribution in [-0.4, -0.2) is 12.9 Å². The highest BCUT2D eigenvalue weighted by Crippen LogP contribution is 2.42. The molecule has 0 aromatic heterocycles. The van der Waals surface area contributed by atoms with Gasteiger partial charge in [-0.3, -0.25) is 0 Å². The summed E-state index contributed by atoms with van der Waals surface area (Å²) in [5.41, 5.74) is -0.623. The second-order valence-corrected chi connectivity index (χ2v) is 3.34. The molecule has 0 spiro atoms. The van der Waals surface area contributed by atoms with Gasteiger partial charge < -0.3 is 9.47 Å². The lowest BCUT2D eigenvalue weighted by atomic mass is 10.1. The first-order chi connectivity index (χ1) is 7.54. The lowest BCUT2D eigenvalue weighted by Gasteiger charge is -2.11. The first kappa shape index (κ1) is 10.9. The van der Waals surface area contributed by atoms with Gasteiger partial charge in [0, 0.05) is 6.07 Å². The van der Waals surface area contributed by atoms with Crippen molar-refractivity contribution in [1.82, 2.24) is 0 Å². The van der Waals surface area contributed by atoms with Gasteiger partial charge in [-0.1, -0.05) is 11.6 Å². The molecule has 0 fully saturated rings. The molecule has 0 bridgehead atoms. The van der Waals surface area contributed by atoms with Gasteiger partial charge in [0.2, 0.25) is 12.9 Å². The fourth-order valence-corrected chi connectivity index (χ4v) is 1.53. The third-order valence-corrected chi connectivity index (χ3v) is 2.29. The highest BCUT2D eigenvalue weighted by molar-refractivity contribution is 6.31. The predicted octanol–water partition coefficient (Wildman–Crippen LogP) is 2.45. The fourth-order valence-electron chi connectivity index (χ4n) is 1.27. The van der Waals surface area contributed by atoms with Crippen LogP contribution in [0.2, 0.25) is 5.02 Å². The van der Waals surface area contributed by atoms with E-state index in [1.807, 2.05) is 0 Å². The van der Waals surface area contributed by atoms with Crippen molar-refractivity contribution < 1.29 is 23.0 Å². The Hall–Kier alpha value is -1.65. The first-order valence-electron chi connectivity index (χ1n) is 4.11. The standard InChI is InChI=1S/C9H4ClF2NO3/c10-6-2-8-7(15-4-16-8)1-5(6)9(11,12)13-3-14/h1-2H,4H2. The molecule has 0 radical (unpaired) electrons. The third-order valence-electron chi connectivity index (χ3n) is 1.97. The molecule has 7 heteroatoms. The van der Waals surface area contributed by atoms with E-state index in [9.17, 15) is 13.6 Å². The molecule has 1 aromatic carbocycles. The van der Waals surface area contributed by atoms with Crippen molar-refractivity contribution in [2.24, 2.45) is 4.99 Å². The van der Waals surface area contributed by atoms with Gasteiger partial charge in [0.05, 0.1) is 10.6 Å². The van der Waals surface area contributed by atoms with Crippen molar-refractivity contribution in [3.8, 4) is 11.5 Å². The van der Waals surface area contributed by atoms with Crippen LogP contribution in [0.3, 0.4) is 0 Å². The number of nitrogens with zero attached hydrogens (tertiary/aromatic N) is 1. The summed E-state index contributed by atoms with van der Waals surface area (Å²) in [6, 6.07) is -1.54. The number of benzene rings is 1. The number of isocyanates is 1. The molecule has 1 aliphatic heterocycles. The molecule has 2 rings (SSSR count). The number of alkyl halides is 2. The van der Waals surface area contributed by atoms with Crippen molar-refractivity contribution in [3.05, 3.63) is 22.7 Å². The van der Waals surface area contributed by atoms with Crippen LogP contribution in [0.15, 0.2) is 17.1 Å². The zero-order valence-electron chi connectivity index (χ0n) is 7.67. The molecule has 0 saturated carbocycles. The molecular weight excluding hydrogens is 244 g/mol. The summed E-state index contributed by atoms with van der Waals surface area (Å²) in [6.07, 6.45) is 0.796. The Morgan fingerprint density at radius 1 is 1.38 bits per heavy atom. The van der Waals surface area contributed by atoms with E-state index in [0.717, 1.165) is 12.1 Å². The molecule has 0 atom stereocenters. The fraction of sp³-hybridized carbons (Fsp3) is 0.222. The van der Waals surface area contributed by atoms with Crippen LogP contribution in [0.5, 0.6) is 11.5 Å². The Morgan fingerprint density at radius 3 is 2.62 bits per heavy atom. The molecule has 1 heterocycles. The number of ether oxygens (including phenoxy) is 2. The van der Waals surface area contributed by atoms with Crippen LogP contribution >= 0.6 is 11.6 Å². The predicted molar refractivity (Wildman–Crippen MR) is 49.6 cm³/mol. The minimum Gasteiger partial charge on any atom is -0.454 e. The van der Waals surface area contributed by atoms with E-state index < -0.39 is 11.6 Å². The average molecular weight is 248 g/mol. The van der Waals surface area contributed by atoms with Gasteiger partial charge in [-0.2, -0.15) is 8.78 Å². The SMILES string of the molecule is O=C=NC(F)(F)c1cc2c(cc1Cl)OCO2. The normalized spacial score (nSPS) is 13.4. The zero-order valence-corrected chi connectivity index (χ0v) is 8.42. The summed E-state index contributed by atoms with van der Waals surface area (Å²) in [7, 11) is 0. The lowest BCUT2D eigenvalue weighted by Crippen LogP contribution is -2.10. The molecule has 4 nitrogen and oxygen atoms in total.